The second-order valence-electron chi connectivity index (χ2n) is 7.60. The van der Waals surface area contributed by atoms with Crippen LogP contribution in [0.3, 0.4) is 0 Å². The van der Waals surface area contributed by atoms with E-state index < -0.39 is 19.9 Å². The minimum Gasteiger partial charge on any atom is -0.0958 e. The van der Waals surface area contributed by atoms with Gasteiger partial charge in [0.25, 0.3) is 0 Å². The van der Waals surface area contributed by atoms with E-state index in [2.05, 4.69) is 109 Å². The minimum absolute atomic E-state index is 0. The largest absolute Gasteiger partial charge is 0.145 e. The molecule has 0 saturated carbocycles. The van der Waals surface area contributed by atoms with Crippen LogP contribution in [0.15, 0.2) is 121 Å². The van der Waals surface area contributed by atoms with Gasteiger partial charge >= 0.3 is 0 Å². The van der Waals surface area contributed by atoms with Crippen molar-refractivity contribution < 1.29 is 16.5 Å². The Hall–Kier alpha value is -1.19. The SMILES string of the molecule is ClC(Cl)(CCCP(c1ccccc1)c1ccccc1)P(c1ccccc1)c1ccccc1.[Ni]. The number of rotatable bonds is 9. The van der Waals surface area contributed by atoms with Crippen LogP contribution in [0.25, 0.3) is 0 Å². The zero-order chi connectivity index (χ0) is 22.2. The van der Waals surface area contributed by atoms with Crippen molar-refractivity contribution in [3.63, 3.8) is 0 Å². The van der Waals surface area contributed by atoms with Crippen LogP contribution in [0.2, 0.25) is 0 Å². The van der Waals surface area contributed by atoms with E-state index in [0.717, 1.165) is 19.0 Å². The summed E-state index contributed by atoms with van der Waals surface area (Å²) in [5.41, 5.74) is 0. The van der Waals surface area contributed by atoms with Crippen molar-refractivity contribution in [3.05, 3.63) is 121 Å². The molecule has 0 N–H and O–H groups in total. The Morgan fingerprint density at radius 3 is 1.21 bits per heavy atom. The van der Waals surface area contributed by atoms with Crippen LogP contribution in [0.4, 0.5) is 0 Å². The fraction of sp³-hybridized carbons (Fsp3) is 0.143. The predicted molar refractivity (Wildman–Crippen MR) is 147 cm³/mol. The minimum atomic E-state index is -0.895. The zero-order valence-electron chi connectivity index (χ0n) is 18.1. The molecule has 33 heavy (non-hydrogen) atoms. The van der Waals surface area contributed by atoms with Gasteiger partial charge in [-0.3, -0.25) is 0 Å². The molecular weight excluding hydrogens is 528 g/mol. The van der Waals surface area contributed by atoms with E-state index in [1.54, 1.807) is 0 Å². The van der Waals surface area contributed by atoms with Crippen molar-refractivity contribution in [1.82, 2.24) is 0 Å². The normalized spacial score (nSPS) is 11.4. The summed E-state index contributed by atoms with van der Waals surface area (Å²) in [5, 5.41) is 5.23. The summed E-state index contributed by atoms with van der Waals surface area (Å²) in [5.74, 6) is 0. The molecular formula is C28H26Cl2NiP2. The fourth-order valence-corrected chi connectivity index (χ4v) is 10.0. The second kappa shape index (κ2) is 13.0. The van der Waals surface area contributed by atoms with E-state index in [-0.39, 0.29) is 16.5 Å². The molecule has 4 rings (SSSR count). The molecule has 0 spiro atoms. The maximum Gasteiger partial charge on any atom is 0.145 e. The van der Waals surface area contributed by atoms with Gasteiger partial charge in [0.2, 0.25) is 0 Å². The van der Waals surface area contributed by atoms with Crippen LogP contribution in [0.1, 0.15) is 12.8 Å². The molecule has 4 aromatic carbocycles. The molecule has 0 aliphatic carbocycles. The average Bonchev–Trinajstić information content (AvgIpc) is 2.84. The first-order valence-corrected chi connectivity index (χ1v) is 14.4. The molecule has 0 aliphatic heterocycles. The van der Waals surface area contributed by atoms with Gasteiger partial charge in [-0.25, -0.2) is 0 Å². The molecule has 172 valence electrons. The maximum absolute atomic E-state index is 7.15. The third kappa shape index (κ3) is 7.15. The van der Waals surface area contributed by atoms with Crippen molar-refractivity contribution in [2.75, 3.05) is 6.16 Å². The van der Waals surface area contributed by atoms with Gasteiger partial charge in [0.1, 0.15) is 4.07 Å². The number of hydrogen-bond acceptors (Lipinski definition) is 0. The van der Waals surface area contributed by atoms with Crippen LogP contribution in [0, 0.1) is 0 Å². The number of hydrogen-bond donors (Lipinski definition) is 0. The summed E-state index contributed by atoms with van der Waals surface area (Å²) in [4.78, 5) is 0. The van der Waals surface area contributed by atoms with E-state index in [9.17, 15) is 0 Å². The van der Waals surface area contributed by atoms with Crippen molar-refractivity contribution >= 4 is 60.3 Å². The molecule has 4 aromatic rings. The first-order chi connectivity index (χ1) is 15.6. The van der Waals surface area contributed by atoms with Gasteiger partial charge < -0.3 is 0 Å². The molecule has 0 radical (unpaired) electrons. The molecule has 0 aromatic heterocycles. The van der Waals surface area contributed by atoms with Gasteiger partial charge in [-0.2, -0.15) is 0 Å². The molecule has 5 heteroatoms. The Balaban J connectivity index is 0.00000306. The van der Waals surface area contributed by atoms with E-state index in [0.29, 0.717) is 0 Å². The summed E-state index contributed by atoms with van der Waals surface area (Å²) in [7, 11) is -1.34. The van der Waals surface area contributed by atoms with Crippen LogP contribution in [0.5, 0.6) is 0 Å². The third-order valence-electron chi connectivity index (χ3n) is 5.35. The summed E-state index contributed by atoms with van der Waals surface area (Å²) in [6.07, 6.45) is 2.79. The van der Waals surface area contributed by atoms with Crippen LogP contribution < -0.4 is 21.2 Å². The Morgan fingerprint density at radius 1 is 0.515 bits per heavy atom. The van der Waals surface area contributed by atoms with Crippen molar-refractivity contribution in [2.45, 2.75) is 16.9 Å². The predicted octanol–water partition coefficient (Wildman–Crippen LogP) is 7.16. The zero-order valence-corrected chi connectivity index (χ0v) is 22.4. The first-order valence-electron chi connectivity index (χ1n) is 10.8. The van der Waals surface area contributed by atoms with E-state index in [4.69, 9.17) is 23.2 Å². The molecule has 0 unspecified atom stereocenters. The van der Waals surface area contributed by atoms with E-state index >= 15 is 0 Å². The molecule has 0 aliphatic rings. The molecule has 0 saturated heterocycles. The Morgan fingerprint density at radius 2 is 0.848 bits per heavy atom. The maximum atomic E-state index is 7.15. The fourth-order valence-electron chi connectivity index (χ4n) is 3.87. The number of benzene rings is 4. The Kier molecular flexibility index (Phi) is 10.4. The van der Waals surface area contributed by atoms with Crippen LogP contribution >= 0.6 is 39.0 Å². The molecule has 0 fully saturated rings. The van der Waals surface area contributed by atoms with Crippen molar-refractivity contribution in [1.29, 1.82) is 0 Å². The number of alkyl halides is 2. The monoisotopic (exact) mass is 552 g/mol. The summed E-state index contributed by atoms with van der Waals surface area (Å²) in [6.45, 7) is 0. The standard InChI is InChI=1S/C28H26Cl2P2.Ni/c29-28(30,32(26-18-9-3-10-19-26)27-20-11-4-12-21-27)22-13-23-31(24-14-5-1-6-15-24)25-16-7-2-8-17-25;/h1-12,14-21H,13,22-23H2;. The number of halogens is 2. The summed E-state index contributed by atoms with van der Waals surface area (Å²) < 4.78 is -0.827. The summed E-state index contributed by atoms with van der Waals surface area (Å²) in [6, 6.07) is 42.6. The topological polar surface area (TPSA) is 0 Å². The Labute approximate surface area is 220 Å². The van der Waals surface area contributed by atoms with E-state index in [1.807, 2.05) is 12.1 Å². The third-order valence-corrected chi connectivity index (χ3v) is 11.9. The van der Waals surface area contributed by atoms with Gasteiger partial charge in [0.15, 0.2) is 0 Å². The molecule has 0 bridgehead atoms. The van der Waals surface area contributed by atoms with Gasteiger partial charge in [-0.05, 0) is 56.1 Å². The van der Waals surface area contributed by atoms with Crippen molar-refractivity contribution in [2.24, 2.45) is 0 Å². The molecule has 0 atom stereocenters. The molecule has 0 heterocycles. The molecule has 0 nitrogen and oxygen atoms in total. The first kappa shape index (κ1) is 26.4. The van der Waals surface area contributed by atoms with Gasteiger partial charge in [0.05, 0.1) is 0 Å². The molecule has 0 amide bonds. The van der Waals surface area contributed by atoms with Gasteiger partial charge in [-0.15, -0.1) is 0 Å². The van der Waals surface area contributed by atoms with Gasteiger partial charge in [0, 0.05) is 16.5 Å². The second-order valence-corrected chi connectivity index (χ2v) is 14.4. The average molecular weight is 554 g/mol. The van der Waals surface area contributed by atoms with Gasteiger partial charge in [-0.1, -0.05) is 145 Å². The van der Waals surface area contributed by atoms with E-state index in [1.165, 1.54) is 21.2 Å². The van der Waals surface area contributed by atoms with Crippen molar-refractivity contribution in [3.8, 4) is 0 Å². The smallest absolute Gasteiger partial charge is 0.0958 e. The summed E-state index contributed by atoms with van der Waals surface area (Å²) >= 11 is 14.3. The quantitative estimate of drug-likeness (QED) is 0.117. The van der Waals surface area contributed by atoms with Crippen LogP contribution in [-0.4, -0.2) is 10.2 Å². The van der Waals surface area contributed by atoms with Crippen LogP contribution in [-0.2, 0) is 16.5 Å². The Bertz CT molecular complexity index is 999.